The Morgan fingerprint density at radius 2 is 2.45 bits per heavy atom. The average molecular weight is 183 g/mol. The molecule has 0 bridgehead atoms. The first-order chi connectivity index (χ1) is 5.22. The molecule has 0 aromatic rings. The van der Waals surface area contributed by atoms with Crippen LogP contribution >= 0.6 is 11.6 Å². The van der Waals surface area contributed by atoms with Gasteiger partial charge in [-0.15, -0.1) is 11.6 Å². The molecule has 0 aliphatic carbocycles. The Morgan fingerprint density at radius 3 is 2.91 bits per heavy atom. The van der Waals surface area contributed by atoms with E-state index in [-0.39, 0.29) is 18.3 Å². The largest absolute Gasteiger partial charge is 0.371 e. The number of amidine groups is 1. The summed E-state index contributed by atoms with van der Waals surface area (Å²) in [5, 5.41) is 2.85. The van der Waals surface area contributed by atoms with Crippen LogP contribution in [0.3, 0.4) is 0 Å². The Labute approximate surface area is 68.6 Å². The first-order valence-corrected chi connectivity index (χ1v) is 3.90. The molecule has 1 aliphatic rings. The van der Waals surface area contributed by atoms with Crippen molar-refractivity contribution in [2.24, 2.45) is 4.99 Å². The standard InChI is InChI=1S/C6H9ClF2N2/c7-2-6-10-3-4(11-6)1-5(8)9/h4-5H,1-3H2,(H,10,11). The highest BCUT2D eigenvalue weighted by molar-refractivity contribution is 6.28. The van der Waals surface area contributed by atoms with Gasteiger partial charge in [0.25, 0.3) is 0 Å². The van der Waals surface area contributed by atoms with E-state index in [2.05, 4.69) is 10.3 Å². The van der Waals surface area contributed by atoms with Crippen LogP contribution in [0.1, 0.15) is 6.42 Å². The van der Waals surface area contributed by atoms with E-state index in [1.165, 1.54) is 0 Å². The van der Waals surface area contributed by atoms with Gasteiger partial charge in [-0.1, -0.05) is 0 Å². The van der Waals surface area contributed by atoms with Crippen molar-refractivity contribution in [2.45, 2.75) is 18.9 Å². The fourth-order valence-corrected chi connectivity index (χ4v) is 1.13. The molecular formula is C6H9ClF2N2. The van der Waals surface area contributed by atoms with Gasteiger partial charge >= 0.3 is 0 Å². The zero-order valence-electron chi connectivity index (χ0n) is 5.86. The van der Waals surface area contributed by atoms with Gasteiger partial charge in [0, 0.05) is 13.0 Å². The van der Waals surface area contributed by atoms with Crippen molar-refractivity contribution < 1.29 is 8.78 Å². The molecule has 1 atom stereocenters. The number of hydrogen-bond acceptors (Lipinski definition) is 2. The third kappa shape index (κ3) is 2.61. The van der Waals surface area contributed by atoms with Crippen LogP contribution in [0, 0.1) is 0 Å². The number of rotatable bonds is 3. The highest BCUT2D eigenvalue weighted by Crippen LogP contribution is 2.10. The normalized spacial score (nSPS) is 23.6. The molecule has 0 spiro atoms. The van der Waals surface area contributed by atoms with E-state index in [1.54, 1.807) is 0 Å². The van der Waals surface area contributed by atoms with Gasteiger partial charge in [0.05, 0.1) is 11.9 Å². The average Bonchev–Trinajstić information content (AvgIpc) is 2.34. The van der Waals surface area contributed by atoms with Crippen LogP contribution in [0.15, 0.2) is 4.99 Å². The molecule has 5 heteroatoms. The zero-order valence-corrected chi connectivity index (χ0v) is 6.61. The molecule has 1 heterocycles. The molecule has 1 aliphatic heterocycles. The van der Waals surface area contributed by atoms with Crippen molar-refractivity contribution >= 4 is 17.4 Å². The summed E-state index contributed by atoms with van der Waals surface area (Å²) >= 11 is 5.43. The molecule has 0 radical (unpaired) electrons. The highest BCUT2D eigenvalue weighted by atomic mass is 35.5. The summed E-state index contributed by atoms with van der Waals surface area (Å²) < 4.78 is 23.6. The SMILES string of the molecule is FC(F)CC1CNC(CCl)=N1. The molecule has 1 N–H and O–H groups in total. The summed E-state index contributed by atoms with van der Waals surface area (Å²) in [6.45, 7) is 0.492. The van der Waals surface area contributed by atoms with E-state index < -0.39 is 6.43 Å². The van der Waals surface area contributed by atoms with Crippen LogP contribution in [-0.2, 0) is 0 Å². The summed E-state index contributed by atoms with van der Waals surface area (Å²) in [6, 6.07) is -0.288. The summed E-state index contributed by atoms with van der Waals surface area (Å²) in [7, 11) is 0. The lowest BCUT2D eigenvalue weighted by Gasteiger charge is -2.02. The van der Waals surface area contributed by atoms with E-state index in [4.69, 9.17) is 11.6 Å². The third-order valence-corrected chi connectivity index (χ3v) is 1.71. The second kappa shape index (κ2) is 3.85. The predicted octanol–water partition coefficient (Wildman–Crippen LogP) is 1.25. The number of hydrogen-bond donors (Lipinski definition) is 1. The van der Waals surface area contributed by atoms with Crippen molar-refractivity contribution in [3.63, 3.8) is 0 Å². The van der Waals surface area contributed by atoms with Crippen molar-refractivity contribution in [1.29, 1.82) is 0 Å². The van der Waals surface area contributed by atoms with Crippen molar-refractivity contribution in [3.8, 4) is 0 Å². The molecule has 1 unspecified atom stereocenters. The maximum absolute atomic E-state index is 11.8. The predicted molar refractivity (Wildman–Crippen MR) is 40.6 cm³/mol. The zero-order chi connectivity index (χ0) is 8.27. The Balaban J connectivity index is 2.34. The van der Waals surface area contributed by atoms with Gasteiger partial charge in [-0.3, -0.25) is 4.99 Å². The maximum Gasteiger partial charge on any atom is 0.240 e. The lowest BCUT2D eigenvalue weighted by Crippen LogP contribution is -2.22. The van der Waals surface area contributed by atoms with Crippen LogP contribution in [0.25, 0.3) is 0 Å². The van der Waals surface area contributed by atoms with E-state index in [0.29, 0.717) is 12.4 Å². The van der Waals surface area contributed by atoms with Gasteiger partial charge in [-0.05, 0) is 0 Å². The summed E-state index contributed by atoms with van der Waals surface area (Å²) in [5.41, 5.74) is 0. The fourth-order valence-electron chi connectivity index (χ4n) is 0.971. The number of halogens is 3. The van der Waals surface area contributed by atoms with Crippen molar-refractivity contribution in [1.82, 2.24) is 5.32 Å². The molecule has 0 saturated carbocycles. The smallest absolute Gasteiger partial charge is 0.240 e. The summed E-state index contributed by atoms with van der Waals surface area (Å²) in [6.07, 6.45) is -2.45. The minimum Gasteiger partial charge on any atom is -0.371 e. The fraction of sp³-hybridized carbons (Fsp3) is 0.833. The van der Waals surface area contributed by atoms with E-state index in [0.717, 1.165) is 0 Å². The highest BCUT2D eigenvalue weighted by Gasteiger charge is 2.19. The molecule has 0 amide bonds. The molecule has 0 aromatic heterocycles. The molecule has 0 fully saturated rings. The number of nitrogens with one attached hydrogen (secondary N) is 1. The Bertz CT molecular complexity index is 161. The molecule has 0 aromatic carbocycles. The minimum absolute atomic E-state index is 0.173. The second-order valence-corrected chi connectivity index (χ2v) is 2.64. The summed E-state index contributed by atoms with van der Waals surface area (Å²) in [5.74, 6) is 0.900. The molecule has 11 heavy (non-hydrogen) atoms. The van der Waals surface area contributed by atoms with Gasteiger partial charge in [-0.25, -0.2) is 8.78 Å². The van der Waals surface area contributed by atoms with Crippen LogP contribution in [0.4, 0.5) is 8.78 Å². The van der Waals surface area contributed by atoms with Gasteiger partial charge in [-0.2, -0.15) is 0 Å². The number of nitrogens with zero attached hydrogens (tertiary/aromatic N) is 1. The van der Waals surface area contributed by atoms with Gasteiger partial charge in [0.1, 0.15) is 5.84 Å². The van der Waals surface area contributed by atoms with Crippen molar-refractivity contribution in [3.05, 3.63) is 0 Å². The molecular weight excluding hydrogens is 174 g/mol. The lowest BCUT2D eigenvalue weighted by molar-refractivity contribution is 0.130. The number of aliphatic imine (C=N–C) groups is 1. The van der Waals surface area contributed by atoms with Gasteiger partial charge in [0.15, 0.2) is 0 Å². The van der Waals surface area contributed by atoms with E-state index >= 15 is 0 Å². The monoisotopic (exact) mass is 182 g/mol. The van der Waals surface area contributed by atoms with Gasteiger partial charge < -0.3 is 5.32 Å². The van der Waals surface area contributed by atoms with E-state index in [9.17, 15) is 8.78 Å². The minimum atomic E-state index is -2.28. The lowest BCUT2D eigenvalue weighted by atomic mass is 10.2. The Morgan fingerprint density at radius 1 is 1.73 bits per heavy atom. The topological polar surface area (TPSA) is 24.4 Å². The molecule has 0 saturated heterocycles. The van der Waals surface area contributed by atoms with Crippen LogP contribution in [0.5, 0.6) is 0 Å². The maximum atomic E-state index is 11.8. The first-order valence-electron chi connectivity index (χ1n) is 3.37. The van der Waals surface area contributed by atoms with Crippen molar-refractivity contribution in [2.75, 3.05) is 12.4 Å². The molecule has 2 nitrogen and oxygen atoms in total. The quantitative estimate of drug-likeness (QED) is 0.653. The van der Waals surface area contributed by atoms with E-state index in [1.807, 2.05) is 0 Å². The van der Waals surface area contributed by atoms with Crippen LogP contribution in [0.2, 0.25) is 0 Å². The molecule has 64 valence electrons. The Hall–Kier alpha value is -0.380. The van der Waals surface area contributed by atoms with Crippen LogP contribution < -0.4 is 5.32 Å². The second-order valence-electron chi connectivity index (χ2n) is 2.37. The Kier molecular flexibility index (Phi) is 3.05. The van der Waals surface area contributed by atoms with Crippen LogP contribution in [-0.4, -0.2) is 30.7 Å². The molecule has 1 rings (SSSR count). The number of alkyl halides is 3. The third-order valence-electron chi connectivity index (χ3n) is 1.46. The summed E-state index contributed by atoms with van der Waals surface area (Å²) in [4.78, 5) is 3.94. The van der Waals surface area contributed by atoms with Gasteiger partial charge in [0.2, 0.25) is 6.43 Å². The first kappa shape index (κ1) is 8.71.